The minimum Gasteiger partial charge on any atom is -0.0619 e. The van der Waals surface area contributed by atoms with Crippen molar-refractivity contribution in [1.29, 1.82) is 0 Å². The van der Waals surface area contributed by atoms with Crippen molar-refractivity contribution in [2.24, 2.45) is 33.5 Å². The molecule has 346 valence electrons. The smallest absolute Gasteiger partial charge is 0.00130 e. The maximum absolute atomic E-state index is 2.41. The van der Waals surface area contributed by atoms with Crippen molar-refractivity contribution in [3.8, 4) is 11.1 Å². The van der Waals surface area contributed by atoms with Crippen LogP contribution in [0.1, 0.15) is 219 Å². The highest BCUT2D eigenvalue weighted by Crippen LogP contribution is 2.46. The third-order valence-electron chi connectivity index (χ3n) is 16.6. The lowest BCUT2D eigenvalue weighted by Crippen LogP contribution is -2.28. The first-order valence-corrected chi connectivity index (χ1v) is 26.7. The van der Waals surface area contributed by atoms with Gasteiger partial charge in [0, 0.05) is 0 Å². The van der Waals surface area contributed by atoms with Gasteiger partial charge >= 0.3 is 0 Å². The van der Waals surface area contributed by atoms with Crippen molar-refractivity contribution in [2.45, 2.75) is 209 Å². The van der Waals surface area contributed by atoms with Crippen molar-refractivity contribution in [1.82, 2.24) is 0 Å². The minimum absolute atomic E-state index is 0.613. The van der Waals surface area contributed by atoms with Crippen molar-refractivity contribution >= 4 is 21.5 Å². The van der Waals surface area contributed by atoms with E-state index in [-0.39, 0.29) is 0 Å². The Morgan fingerprint density at radius 2 is 0.672 bits per heavy atom. The zero-order valence-corrected chi connectivity index (χ0v) is 42.4. The Labute approximate surface area is 393 Å². The predicted octanol–water partition coefficient (Wildman–Crippen LogP) is 20.1. The monoisotopic (exact) mass is 859 g/mol. The van der Waals surface area contributed by atoms with Crippen LogP contribution in [0.3, 0.4) is 0 Å². The molecule has 0 atom stereocenters. The van der Waals surface area contributed by atoms with E-state index in [0.29, 0.717) is 21.7 Å². The van der Waals surface area contributed by atoms with E-state index in [1.165, 1.54) is 176 Å². The lowest BCUT2D eigenvalue weighted by atomic mass is 9.65. The first kappa shape index (κ1) is 48.6. The largest absolute Gasteiger partial charge is 0.0619 e. The molecule has 0 amide bonds. The molecule has 7 aliphatic rings. The number of hydrogen-bond acceptors (Lipinski definition) is 0. The normalized spacial score (nSPS) is 23.6. The van der Waals surface area contributed by atoms with E-state index in [0.717, 1.165) is 12.8 Å². The summed E-state index contributed by atoms with van der Waals surface area (Å²) in [6.45, 7) is 19.2. The van der Waals surface area contributed by atoms with Gasteiger partial charge in [0.05, 0.1) is 0 Å². The van der Waals surface area contributed by atoms with Gasteiger partial charge in [-0.2, -0.15) is 0 Å². The van der Waals surface area contributed by atoms with Crippen LogP contribution in [0.4, 0.5) is 0 Å². The Balaban J connectivity index is 0.000000117. The maximum Gasteiger partial charge on any atom is -0.00130 e. The molecule has 0 spiro atoms. The van der Waals surface area contributed by atoms with Gasteiger partial charge < -0.3 is 0 Å². The summed E-state index contributed by atoms with van der Waals surface area (Å²) in [4.78, 5) is 0. The molecule has 0 heterocycles. The second-order valence-electron chi connectivity index (χ2n) is 24.8. The number of benzene rings is 5. The van der Waals surface area contributed by atoms with Gasteiger partial charge in [0.25, 0.3) is 0 Å². The van der Waals surface area contributed by atoms with Crippen molar-refractivity contribution in [2.75, 3.05) is 0 Å². The van der Waals surface area contributed by atoms with E-state index in [1.807, 2.05) is 0 Å². The van der Waals surface area contributed by atoms with E-state index in [1.54, 1.807) is 32.1 Å². The number of fused-ring (bicyclic) bond motifs is 5. The average Bonchev–Trinajstić information content (AvgIpc) is 4.05. The lowest BCUT2D eigenvalue weighted by Gasteiger charge is -2.40. The van der Waals surface area contributed by atoms with Gasteiger partial charge in [-0.1, -0.05) is 242 Å². The fourth-order valence-corrected chi connectivity index (χ4v) is 13.0. The van der Waals surface area contributed by atoms with Crippen LogP contribution in [-0.4, -0.2) is 0 Å². The highest BCUT2D eigenvalue weighted by atomic mass is 14.4. The van der Waals surface area contributed by atoms with Crippen LogP contribution in [0.2, 0.25) is 0 Å². The Kier molecular flexibility index (Phi) is 16.6. The molecule has 5 aromatic carbocycles. The number of rotatable bonds is 0. The molecule has 0 radical (unpaired) electrons. The van der Waals surface area contributed by atoms with Crippen LogP contribution in [0.25, 0.3) is 32.7 Å². The minimum atomic E-state index is 0.613. The molecule has 0 heteroatoms. The molecule has 64 heavy (non-hydrogen) atoms. The van der Waals surface area contributed by atoms with Crippen molar-refractivity contribution in [3.63, 3.8) is 0 Å². The quantitative estimate of drug-likeness (QED) is 0.105. The van der Waals surface area contributed by atoms with Crippen LogP contribution in [0, 0.1) is 33.5 Å². The summed E-state index contributed by atoms with van der Waals surface area (Å²) in [7, 11) is 0. The molecule has 2 bridgehead atoms. The molecule has 0 N–H and O–H groups in total. The molecular weight excluding hydrogens is 769 g/mol. The average molecular weight is 859 g/mol. The molecule has 5 aromatic rings. The van der Waals surface area contributed by atoms with Crippen molar-refractivity contribution in [3.05, 3.63) is 119 Å². The van der Waals surface area contributed by atoms with Gasteiger partial charge in [-0.05, 0) is 153 Å². The Bertz CT molecular complexity index is 2050. The first-order valence-electron chi connectivity index (χ1n) is 26.7. The topological polar surface area (TPSA) is 0 Å². The summed E-state index contributed by atoms with van der Waals surface area (Å²) in [5, 5.41) is 5.71. The summed E-state index contributed by atoms with van der Waals surface area (Å²) in [6, 6.07) is 35.0. The third-order valence-corrected chi connectivity index (χ3v) is 16.6. The molecule has 5 fully saturated rings. The zero-order chi connectivity index (χ0) is 45.2. The van der Waals surface area contributed by atoms with E-state index < -0.39 is 0 Å². The lowest BCUT2D eigenvalue weighted by molar-refractivity contribution is 0.116. The van der Waals surface area contributed by atoms with Gasteiger partial charge in [-0.3, -0.25) is 0 Å². The van der Waals surface area contributed by atoms with Crippen LogP contribution in [0.5, 0.6) is 0 Å². The van der Waals surface area contributed by atoms with Crippen LogP contribution < -0.4 is 0 Å². The Hall–Kier alpha value is -3.38. The van der Waals surface area contributed by atoms with E-state index in [9.17, 15) is 0 Å². The SMILES string of the molecule is C1CC2CCC1C2.C1CCCCCCC1.CC1(C)CCCC(C)(C)C1.CC1(C)CCCC(C)(C)CC1.c1cc2c3c(c1)ccc1cccc(c13)C2.c1ccc2c(c1)Cc1ccccc1-2. The summed E-state index contributed by atoms with van der Waals surface area (Å²) in [5.41, 5.74) is 11.2. The fraction of sp³-hybridized carbons (Fsp3) is 0.594. The van der Waals surface area contributed by atoms with E-state index in [2.05, 4.69) is 152 Å². The van der Waals surface area contributed by atoms with E-state index in [4.69, 9.17) is 0 Å². The summed E-state index contributed by atoms with van der Waals surface area (Å²) in [6.07, 6.45) is 34.8. The first-order chi connectivity index (χ1) is 30.7. The second kappa shape index (κ2) is 21.9. The van der Waals surface area contributed by atoms with Crippen LogP contribution in [0.15, 0.2) is 97.1 Å². The van der Waals surface area contributed by atoms with Gasteiger partial charge in [0.15, 0.2) is 0 Å². The molecule has 0 aromatic heterocycles. The summed E-state index contributed by atoms with van der Waals surface area (Å²) in [5.74, 6) is 2.34. The van der Waals surface area contributed by atoms with E-state index >= 15 is 0 Å². The molecular formula is C64H90. The molecule has 0 aliphatic heterocycles. The van der Waals surface area contributed by atoms with Crippen LogP contribution in [-0.2, 0) is 12.8 Å². The maximum atomic E-state index is 2.41. The molecule has 7 aliphatic carbocycles. The fourth-order valence-electron chi connectivity index (χ4n) is 13.0. The second-order valence-corrected chi connectivity index (χ2v) is 24.8. The standard InChI is InChI=1S/C15H10.C13H10.C11H22.C10H20.C8H16.C7H12/c1-3-10-7-8-11-4-2-6-13-9-12(5-1)14(10)15(11)13;1-3-7-12-10(5-1)9-11-6-2-4-8-13(11)12;1-10(2)6-5-7-11(3,4)9-8-10;1-9(2)6-5-7-10(3,4)8-9;1-2-4-6-8-7-5-3-1;1-2-7-4-3-6(1)5-7/h1-8H,9H2;1-8H,9H2;5-9H2,1-4H3;5-8H2,1-4H3;1-8H2;6-7H,1-5H2. The summed E-state index contributed by atoms with van der Waals surface area (Å²) >= 11 is 0. The highest BCUT2D eigenvalue weighted by Gasteiger charge is 2.33. The highest BCUT2D eigenvalue weighted by molar-refractivity contribution is 6.13. The molecule has 12 rings (SSSR count). The summed E-state index contributed by atoms with van der Waals surface area (Å²) < 4.78 is 0. The zero-order valence-electron chi connectivity index (χ0n) is 42.4. The van der Waals surface area contributed by atoms with Gasteiger partial charge in [0.1, 0.15) is 0 Å². The molecule has 0 nitrogen and oxygen atoms in total. The Morgan fingerprint density at radius 3 is 1.02 bits per heavy atom. The molecule has 0 unspecified atom stereocenters. The Morgan fingerprint density at radius 1 is 0.328 bits per heavy atom. The van der Waals surface area contributed by atoms with Gasteiger partial charge in [-0.15, -0.1) is 0 Å². The van der Waals surface area contributed by atoms with Crippen LogP contribution >= 0.6 is 0 Å². The molecule has 0 saturated heterocycles. The third kappa shape index (κ3) is 13.8. The predicted molar refractivity (Wildman–Crippen MR) is 283 cm³/mol. The van der Waals surface area contributed by atoms with Gasteiger partial charge in [0.2, 0.25) is 0 Å². The van der Waals surface area contributed by atoms with Gasteiger partial charge in [-0.25, -0.2) is 0 Å². The molecule has 5 saturated carbocycles. The number of hydrogen-bond donors (Lipinski definition) is 0. The van der Waals surface area contributed by atoms with Crippen molar-refractivity contribution < 1.29 is 0 Å².